The van der Waals surface area contributed by atoms with E-state index in [0.29, 0.717) is 39.1 Å². The maximum Gasteiger partial charge on any atom is 0.259 e. The molecule has 0 saturated carbocycles. The summed E-state index contributed by atoms with van der Waals surface area (Å²) in [5.41, 5.74) is 6.46. The van der Waals surface area contributed by atoms with Crippen molar-refractivity contribution in [2.24, 2.45) is 10.2 Å². The van der Waals surface area contributed by atoms with E-state index in [1.165, 1.54) is 7.11 Å². The van der Waals surface area contributed by atoms with Crippen molar-refractivity contribution in [3.8, 4) is 11.5 Å². The second-order valence-electron chi connectivity index (χ2n) is 13.0. The number of benzene rings is 8. The van der Waals surface area contributed by atoms with Gasteiger partial charge in [0, 0.05) is 33.1 Å². The van der Waals surface area contributed by atoms with E-state index in [4.69, 9.17) is 9.57 Å². The second-order valence-corrected chi connectivity index (χ2v) is 13.0. The first-order chi connectivity index (χ1) is 27.4. The largest absolute Gasteiger partial charge is 0.505 e. The molecular formula is C46H35N5O5. The highest BCUT2D eigenvalue weighted by Crippen LogP contribution is 2.41. The smallest absolute Gasteiger partial charge is 0.259 e. The summed E-state index contributed by atoms with van der Waals surface area (Å²) in [6.07, 6.45) is 0. The Morgan fingerprint density at radius 1 is 0.607 bits per heavy atom. The van der Waals surface area contributed by atoms with Gasteiger partial charge in [-0.2, -0.15) is 0 Å². The summed E-state index contributed by atoms with van der Waals surface area (Å²) < 4.78 is 5.58. The lowest BCUT2D eigenvalue weighted by Crippen LogP contribution is -2.13. The molecule has 10 heteroatoms. The van der Waals surface area contributed by atoms with Gasteiger partial charge in [-0.05, 0) is 76.3 Å². The third-order valence-corrected chi connectivity index (χ3v) is 9.37. The number of phenols is 1. The minimum Gasteiger partial charge on any atom is -0.505 e. The molecule has 4 N–H and O–H groups in total. The second kappa shape index (κ2) is 15.8. The Bertz CT molecular complexity index is 2780. The van der Waals surface area contributed by atoms with E-state index < -0.39 is 5.91 Å². The Kier molecular flexibility index (Phi) is 10.0. The number of fused-ring (bicyclic) bond motifs is 3. The number of phenolic OH excluding ortho intramolecular Hbond substituents is 1. The highest BCUT2D eigenvalue weighted by molar-refractivity contribution is 6.16. The molecule has 0 aliphatic carbocycles. The van der Waals surface area contributed by atoms with E-state index >= 15 is 0 Å². The highest BCUT2D eigenvalue weighted by atomic mass is 16.6. The number of azo groups is 1. The Morgan fingerprint density at radius 2 is 1.25 bits per heavy atom. The van der Waals surface area contributed by atoms with E-state index in [9.17, 15) is 14.7 Å². The Labute approximate surface area is 322 Å². The number of ether oxygens (including phenoxy) is 1. The standard InChI is InChI=1S/C46H35N5O5/c1-55-42-24-21-29(28-56-51-34-15-3-2-4-16-34)25-41(42)49-50-43-37-23-22-32(45(53)47-39-19-9-13-30-11-5-7-17-35(30)39)26-33(37)27-38(44(43)52)46(54)48-40-20-10-14-31-12-6-8-18-36(31)40/h2-27,51-52H,28H2,1H3,(H,47,53)(H,48,54). The summed E-state index contributed by atoms with van der Waals surface area (Å²) in [4.78, 5) is 33.4. The van der Waals surface area contributed by atoms with Crippen LogP contribution >= 0.6 is 0 Å². The zero-order valence-corrected chi connectivity index (χ0v) is 30.2. The number of amides is 2. The van der Waals surface area contributed by atoms with Gasteiger partial charge in [-0.15, -0.1) is 10.2 Å². The first kappa shape index (κ1) is 35.5. The number of nitrogens with one attached hydrogen (secondary N) is 3. The van der Waals surface area contributed by atoms with E-state index in [1.807, 2.05) is 115 Å². The molecule has 8 rings (SSSR count). The van der Waals surface area contributed by atoms with Gasteiger partial charge in [-0.25, -0.2) is 0 Å². The number of hydrogen-bond acceptors (Lipinski definition) is 8. The topological polar surface area (TPSA) is 134 Å². The molecule has 0 fully saturated rings. The van der Waals surface area contributed by atoms with Crippen LogP contribution in [0.5, 0.6) is 11.5 Å². The van der Waals surface area contributed by atoms with Crippen molar-refractivity contribution in [3.63, 3.8) is 0 Å². The number of rotatable bonds is 11. The quantitative estimate of drug-likeness (QED) is 0.0771. The van der Waals surface area contributed by atoms with E-state index in [1.54, 1.807) is 42.5 Å². The monoisotopic (exact) mass is 737 g/mol. The van der Waals surface area contributed by atoms with Gasteiger partial charge in [0.05, 0.1) is 25.0 Å². The van der Waals surface area contributed by atoms with Crippen LogP contribution in [0.25, 0.3) is 32.3 Å². The average Bonchev–Trinajstić information content (AvgIpc) is 3.23. The number of carbonyl (C=O) groups excluding carboxylic acids is 2. The predicted octanol–water partition coefficient (Wildman–Crippen LogP) is 11.3. The number of anilines is 3. The maximum atomic E-state index is 14.0. The molecule has 0 aliphatic heterocycles. The molecule has 0 aromatic heterocycles. The van der Waals surface area contributed by atoms with Crippen LogP contribution in [-0.2, 0) is 11.4 Å². The number of nitrogens with zero attached hydrogens (tertiary/aromatic N) is 2. The van der Waals surface area contributed by atoms with E-state index in [2.05, 4.69) is 26.3 Å². The maximum absolute atomic E-state index is 14.0. The highest BCUT2D eigenvalue weighted by Gasteiger charge is 2.21. The number of methoxy groups -OCH3 is 1. The molecule has 0 spiro atoms. The third-order valence-electron chi connectivity index (χ3n) is 9.37. The van der Waals surface area contributed by atoms with Crippen LogP contribution in [0.1, 0.15) is 26.3 Å². The minimum atomic E-state index is -0.564. The van der Waals surface area contributed by atoms with Gasteiger partial charge in [0.25, 0.3) is 11.8 Å². The molecule has 10 nitrogen and oxygen atoms in total. The van der Waals surface area contributed by atoms with Crippen molar-refractivity contribution in [2.75, 3.05) is 23.2 Å². The van der Waals surface area contributed by atoms with Gasteiger partial charge in [0.1, 0.15) is 17.1 Å². The van der Waals surface area contributed by atoms with E-state index in [-0.39, 0.29) is 29.5 Å². The summed E-state index contributed by atoms with van der Waals surface area (Å²) in [5.74, 6) is -0.843. The van der Waals surface area contributed by atoms with Gasteiger partial charge in [0.2, 0.25) is 0 Å². The van der Waals surface area contributed by atoms with Crippen LogP contribution in [-0.4, -0.2) is 24.0 Å². The molecule has 0 bridgehead atoms. The van der Waals surface area contributed by atoms with Crippen LogP contribution < -0.4 is 20.9 Å². The molecule has 0 atom stereocenters. The fourth-order valence-electron chi connectivity index (χ4n) is 6.56. The Hall–Kier alpha value is -7.56. The molecule has 8 aromatic carbocycles. The summed E-state index contributed by atoms with van der Waals surface area (Å²) in [6, 6.07) is 48.2. The van der Waals surface area contributed by atoms with Crippen molar-refractivity contribution in [2.45, 2.75) is 6.61 Å². The van der Waals surface area contributed by atoms with Gasteiger partial charge >= 0.3 is 0 Å². The molecule has 274 valence electrons. The lowest BCUT2D eigenvalue weighted by Gasteiger charge is -2.14. The van der Waals surface area contributed by atoms with E-state index in [0.717, 1.165) is 32.8 Å². The van der Waals surface area contributed by atoms with Gasteiger partial charge < -0.3 is 20.5 Å². The lowest BCUT2D eigenvalue weighted by molar-refractivity contribution is 0.101. The van der Waals surface area contributed by atoms with Crippen LogP contribution in [0.2, 0.25) is 0 Å². The van der Waals surface area contributed by atoms with Crippen LogP contribution in [0, 0.1) is 0 Å². The normalized spacial score (nSPS) is 11.2. The molecule has 0 radical (unpaired) electrons. The molecule has 8 aromatic rings. The van der Waals surface area contributed by atoms with Crippen LogP contribution in [0.4, 0.5) is 28.4 Å². The van der Waals surface area contributed by atoms with Gasteiger partial charge in [-0.1, -0.05) is 103 Å². The van der Waals surface area contributed by atoms with Gasteiger partial charge in [-0.3, -0.25) is 19.9 Å². The fraction of sp³-hybridized carbons (Fsp3) is 0.0435. The Balaban J connectivity index is 1.16. The number of carbonyl (C=O) groups is 2. The lowest BCUT2D eigenvalue weighted by atomic mass is 10.00. The molecular weight excluding hydrogens is 703 g/mol. The first-order valence-electron chi connectivity index (χ1n) is 17.8. The minimum absolute atomic E-state index is 0.0426. The van der Waals surface area contributed by atoms with Crippen LogP contribution in [0.15, 0.2) is 168 Å². The fourth-order valence-corrected chi connectivity index (χ4v) is 6.56. The van der Waals surface area contributed by atoms with Crippen molar-refractivity contribution >= 4 is 72.6 Å². The van der Waals surface area contributed by atoms with Crippen LogP contribution in [0.3, 0.4) is 0 Å². The van der Waals surface area contributed by atoms with Gasteiger partial charge in [0.15, 0.2) is 5.75 Å². The zero-order valence-electron chi connectivity index (χ0n) is 30.2. The predicted molar refractivity (Wildman–Crippen MR) is 221 cm³/mol. The SMILES string of the molecule is COc1ccc(CONc2ccccc2)cc1N=Nc1c(O)c(C(=O)Nc2cccc3ccccc23)cc2cc(C(=O)Nc3cccc4ccccc34)ccc12. The summed E-state index contributed by atoms with van der Waals surface area (Å²) in [6.45, 7) is 0.211. The average molecular weight is 738 g/mol. The summed E-state index contributed by atoms with van der Waals surface area (Å²) in [7, 11) is 1.53. The summed E-state index contributed by atoms with van der Waals surface area (Å²) >= 11 is 0. The van der Waals surface area contributed by atoms with Crippen molar-refractivity contribution < 1.29 is 24.3 Å². The number of aromatic hydroxyl groups is 1. The molecule has 56 heavy (non-hydrogen) atoms. The molecule has 0 heterocycles. The first-order valence-corrected chi connectivity index (χ1v) is 17.8. The molecule has 2 amide bonds. The molecule has 0 aliphatic rings. The Morgan fingerprint density at radius 3 is 1.95 bits per heavy atom. The molecule has 0 saturated heterocycles. The number of hydrogen-bond donors (Lipinski definition) is 4. The molecule has 0 unspecified atom stereocenters. The summed E-state index contributed by atoms with van der Waals surface area (Å²) in [5, 5.41) is 31.4. The van der Waals surface area contributed by atoms with Crippen molar-refractivity contribution in [3.05, 3.63) is 174 Å². The third kappa shape index (κ3) is 7.45. The van der Waals surface area contributed by atoms with Crippen molar-refractivity contribution in [1.29, 1.82) is 0 Å². The number of para-hydroxylation sites is 1. The zero-order chi connectivity index (χ0) is 38.4. The van der Waals surface area contributed by atoms with Crippen molar-refractivity contribution in [1.82, 2.24) is 0 Å².